The lowest BCUT2D eigenvalue weighted by molar-refractivity contribution is -0.143. The monoisotopic (exact) mass is 171 g/mol. The maximum absolute atomic E-state index is 11.2. The van der Waals surface area contributed by atoms with Crippen LogP contribution in [0.3, 0.4) is 0 Å². The van der Waals surface area contributed by atoms with E-state index in [4.69, 9.17) is 4.74 Å². The molecular formula is C9H17NO2. The largest absolute Gasteiger partial charge is 0.468 e. The van der Waals surface area contributed by atoms with Crippen LogP contribution in [-0.4, -0.2) is 25.7 Å². The number of methoxy groups -OCH3 is 1. The molecule has 0 aliphatic carbocycles. The van der Waals surface area contributed by atoms with Gasteiger partial charge in [-0.05, 0) is 25.3 Å². The molecule has 1 heterocycles. The Hall–Kier alpha value is -0.570. The second-order valence-electron chi connectivity index (χ2n) is 3.29. The van der Waals surface area contributed by atoms with Gasteiger partial charge in [0.25, 0.3) is 0 Å². The van der Waals surface area contributed by atoms with Crippen molar-refractivity contribution < 1.29 is 9.53 Å². The Bertz CT molecular complexity index is 159. The highest BCUT2D eigenvalue weighted by Gasteiger charge is 2.32. The fourth-order valence-electron chi connectivity index (χ4n) is 1.84. The molecule has 0 aromatic heterocycles. The van der Waals surface area contributed by atoms with Gasteiger partial charge in [0.05, 0.1) is 7.11 Å². The Labute approximate surface area is 73.5 Å². The molecule has 0 aromatic rings. The zero-order valence-electron chi connectivity index (χ0n) is 7.80. The molecule has 1 aliphatic heterocycles. The highest BCUT2D eigenvalue weighted by atomic mass is 16.5. The number of rotatable bonds is 3. The summed E-state index contributed by atoms with van der Waals surface area (Å²) >= 11 is 0. The van der Waals surface area contributed by atoms with E-state index < -0.39 is 0 Å². The Kier molecular flexibility index (Phi) is 3.53. The van der Waals surface area contributed by atoms with Gasteiger partial charge >= 0.3 is 5.97 Å². The third-order valence-electron chi connectivity index (χ3n) is 2.47. The van der Waals surface area contributed by atoms with Crippen molar-refractivity contribution in [2.24, 2.45) is 5.92 Å². The lowest BCUT2D eigenvalue weighted by Gasteiger charge is -2.15. The van der Waals surface area contributed by atoms with Gasteiger partial charge in [-0.25, -0.2) is 0 Å². The van der Waals surface area contributed by atoms with Gasteiger partial charge in [-0.1, -0.05) is 13.3 Å². The molecule has 2 atom stereocenters. The van der Waals surface area contributed by atoms with Crippen LogP contribution >= 0.6 is 0 Å². The van der Waals surface area contributed by atoms with E-state index in [2.05, 4.69) is 12.2 Å². The Morgan fingerprint density at radius 3 is 3.00 bits per heavy atom. The van der Waals surface area contributed by atoms with E-state index in [1.54, 1.807) is 0 Å². The molecule has 3 nitrogen and oxygen atoms in total. The molecule has 1 rings (SSSR count). The van der Waals surface area contributed by atoms with Crippen molar-refractivity contribution in [3.63, 3.8) is 0 Å². The number of carbonyl (C=O) groups excluding carboxylic acids is 1. The van der Waals surface area contributed by atoms with Crippen molar-refractivity contribution in [2.45, 2.75) is 32.2 Å². The minimum absolute atomic E-state index is 0.0463. The third-order valence-corrected chi connectivity index (χ3v) is 2.47. The molecule has 1 aliphatic rings. The van der Waals surface area contributed by atoms with Crippen molar-refractivity contribution in [1.82, 2.24) is 5.32 Å². The van der Waals surface area contributed by atoms with E-state index in [0.29, 0.717) is 5.92 Å². The number of hydrogen-bond donors (Lipinski definition) is 1. The summed E-state index contributed by atoms with van der Waals surface area (Å²) in [7, 11) is 1.45. The molecule has 1 fully saturated rings. The first-order valence-corrected chi connectivity index (χ1v) is 4.60. The summed E-state index contributed by atoms with van der Waals surface area (Å²) < 4.78 is 4.71. The van der Waals surface area contributed by atoms with Crippen LogP contribution in [0.15, 0.2) is 0 Å². The molecule has 1 saturated heterocycles. The average Bonchev–Trinajstić information content (AvgIpc) is 2.52. The maximum Gasteiger partial charge on any atom is 0.323 e. The predicted molar refractivity (Wildman–Crippen MR) is 46.8 cm³/mol. The lowest BCUT2D eigenvalue weighted by Crippen LogP contribution is -2.36. The summed E-state index contributed by atoms with van der Waals surface area (Å²) in [6, 6.07) is -0.0463. The first-order chi connectivity index (χ1) is 5.79. The Morgan fingerprint density at radius 2 is 2.42 bits per heavy atom. The number of nitrogens with one attached hydrogen (secondary N) is 1. The third kappa shape index (κ3) is 1.97. The van der Waals surface area contributed by atoms with E-state index in [1.165, 1.54) is 7.11 Å². The number of esters is 1. The van der Waals surface area contributed by atoms with E-state index in [9.17, 15) is 4.79 Å². The van der Waals surface area contributed by atoms with Crippen LogP contribution in [0.5, 0.6) is 0 Å². The Morgan fingerprint density at radius 1 is 1.67 bits per heavy atom. The van der Waals surface area contributed by atoms with Gasteiger partial charge in [-0.15, -0.1) is 0 Å². The summed E-state index contributed by atoms with van der Waals surface area (Å²) in [6.07, 6.45) is 3.36. The van der Waals surface area contributed by atoms with Gasteiger partial charge < -0.3 is 10.1 Å². The van der Waals surface area contributed by atoms with Crippen LogP contribution in [0, 0.1) is 5.92 Å². The normalized spacial score (nSPS) is 28.8. The molecule has 2 unspecified atom stereocenters. The van der Waals surface area contributed by atoms with Crippen LogP contribution < -0.4 is 5.32 Å². The minimum atomic E-state index is -0.106. The number of hydrogen-bond acceptors (Lipinski definition) is 3. The summed E-state index contributed by atoms with van der Waals surface area (Å²) in [5, 5.41) is 3.17. The maximum atomic E-state index is 11.2. The highest BCUT2D eigenvalue weighted by Crippen LogP contribution is 2.21. The standard InChI is InChI=1S/C9H17NO2/c1-3-4-7-5-6-10-8(7)9(11)12-2/h7-8,10H,3-6H2,1-2H3. The van der Waals surface area contributed by atoms with Gasteiger partial charge in [-0.3, -0.25) is 4.79 Å². The average molecular weight is 171 g/mol. The molecule has 0 spiro atoms. The topological polar surface area (TPSA) is 38.3 Å². The lowest BCUT2D eigenvalue weighted by atomic mass is 9.96. The zero-order valence-corrected chi connectivity index (χ0v) is 7.80. The van der Waals surface area contributed by atoms with Gasteiger partial charge in [0.2, 0.25) is 0 Å². The van der Waals surface area contributed by atoms with Gasteiger partial charge in [0.15, 0.2) is 0 Å². The molecule has 0 aromatic carbocycles. The summed E-state index contributed by atoms with van der Waals surface area (Å²) in [5.41, 5.74) is 0. The number of carbonyl (C=O) groups is 1. The van der Waals surface area contributed by atoms with Crippen molar-refractivity contribution in [3.8, 4) is 0 Å². The van der Waals surface area contributed by atoms with Crippen LogP contribution in [0.4, 0.5) is 0 Å². The van der Waals surface area contributed by atoms with Crippen molar-refractivity contribution in [1.29, 1.82) is 0 Å². The fraction of sp³-hybridized carbons (Fsp3) is 0.889. The molecule has 1 N–H and O–H groups in total. The van der Waals surface area contributed by atoms with E-state index in [-0.39, 0.29) is 12.0 Å². The van der Waals surface area contributed by atoms with Crippen LogP contribution in [0.1, 0.15) is 26.2 Å². The molecule has 0 radical (unpaired) electrons. The van der Waals surface area contributed by atoms with Crippen molar-refractivity contribution in [2.75, 3.05) is 13.7 Å². The second kappa shape index (κ2) is 4.45. The molecule has 12 heavy (non-hydrogen) atoms. The van der Waals surface area contributed by atoms with Crippen LogP contribution in [-0.2, 0) is 9.53 Å². The summed E-state index contributed by atoms with van der Waals surface area (Å²) in [4.78, 5) is 11.2. The second-order valence-corrected chi connectivity index (χ2v) is 3.29. The predicted octanol–water partition coefficient (Wildman–Crippen LogP) is 0.938. The first-order valence-electron chi connectivity index (χ1n) is 4.60. The van der Waals surface area contributed by atoms with Crippen molar-refractivity contribution in [3.05, 3.63) is 0 Å². The van der Waals surface area contributed by atoms with E-state index in [0.717, 1.165) is 25.8 Å². The summed E-state index contributed by atoms with van der Waals surface area (Å²) in [6.45, 7) is 3.09. The quantitative estimate of drug-likeness (QED) is 0.642. The Balaban J connectivity index is 2.45. The van der Waals surface area contributed by atoms with Gasteiger partial charge in [0, 0.05) is 0 Å². The molecule has 3 heteroatoms. The fourth-order valence-corrected chi connectivity index (χ4v) is 1.84. The smallest absolute Gasteiger partial charge is 0.323 e. The molecule has 0 amide bonds. The van der Waals surface area contributed by atoms with E-state index in [1.807, 2.05) is 0 Å². The molecule has 0 bridgehead atoms. The van der Waals surface area contributed by atoms with Crippen LogP contribution in [0.2, 0.25) is 0 Å². The van der Waals surface area contributed by atoms with Crippen LogP contribution in [0.25, 0.3) is 0 Å². The summed E-state index contributed by atoms with van der Waals surface area (Å²) in [5.74, 6) is 0.383. The van der Waals surface area contributed by atoms with E-state index >= 15 is 0 Å². The number of ether oxygens (including phenoxy) is 1. The molecule has 70 valence electrons. The molecular weight excluding hydrogens is 154 g/mol. The first kappa shape index (κ1) is 9.52. The SMILES string of the molecule is CCCC1CCNC1C(=O)OC. The van der Waals surface area contributed by atoms with Gasteiger partial charge in [-0.2, -0.15) is 0 Å². The van der Waals surface area contributed by atoms with Gasteiger partial charge in [0.1, 0.15) is 6.04 Å². The zero-order chi connectivity index (χ0) is 8.97. The highest BCUT2D eigenvalue weighted by molar-refractivity contribution is 5.76. The molecule has 0 saturated carbocycles. The minimum Gasteiger partial charge on any atom is -0.468 e. The van der Waals surface area contributed by atoms with Crippen molar-refractivity contribution >= 4 is 5.97 Å².